The molecule has 2 heterocycles. The average Bonchev–Trinajstić information content (AvgIpc) is 2.95. The monoisotopic (exact) mass is 405 g/mol. The molecule has 2 unspecified atom stereocenters. The topological polar surface area (TPSA) is 29.5 Å². The fraction of sp³-hybridized carbons (Fsp3) is 0.318. The van der Waals surface area contributed by atoms with Crippen molar-refractivity contribution in [3.8, 4) is 0 Å². The van der Waals surface area contributed by atoms with E-state index in [0.717, 1.165) is 36.1 Å². The molecule has 2 bridgehead atoms. The number of fused-ring (bicyclic) bond motifs is 2. The van der Waals surface area contributed by atoms with Crippen LogP contribution in [0.4, 0.5) is 22.4 Å². The van der Waals surface area contributed by atoms with Gasteiger partial charge in [-0.1, -0.05) is 42.5 Å². The van der Waals surface area contributed by atoms with Crippen LogP contribution >= 0.6 is 0 Å². The molecule has 0 spiro atoms. The Labute approximate surface area is 165 Å². The lowest BCUT2D eigenvalue weighted by Crippen LogP contribution is -2.43. The van der Waals surface area contributed by atoms with Crippen LogP contribution in [0.25, 0.3) is 5.57 Å². The summed E-state index contributed by atoms with van der Waals surface area (Å²) in [4.78, 5) is 14.3. The highest BCUT2D eigenvalue weighted by Gasteiger charge is 2.41. The fourth-order valence-electron chi connectivity index (χ4n) is 4.07. The van der Waals surface area contributed by atoms with Crippen molar-refractivity contribution in [1.29, 1.82) is 0 Å². The third-order valence-corrected chi connectivity index (χ3v) is 5.46. The van der Waals surface area contributed by atoms with Crippen LogP contribution in [-0.2, 0) is 17.5 Å². The maximum absolute atomic E-state index is 13.9. The number of alkyl halides is 3. The molecule has 0 radical (unpaired) electrons. The van der Waals surface area contributed by atoms with Crippen molar-refractivity contribution in [2.75, 3.05) is 0 Å². The van der Waals surface area contributed by atoms with Gasteiger partial charge in [-0.25, -0.2) is 9.18 Å². The second-order valence-corrected chi connectivity index (χ2v) is 7.33. The van der Waals surface area contributed by atoms with Crippen LogP contribution in [0, 0.1) is 5.82 Å². The first-order valence-corrected chi connectivity index (χ1v) is 9.40. The molecule has 2 aromatic carbocycles. The smallest absolute Gasteiger partial charge is 0.419 e. The molecule has 0 aliphatic carbocycles. The first kappa shape index (κ1) is 19.5. The third kappa shape index (κ3) is 3.99. The second kappa shape index (κ2) is 7.54. The number of rotatable bonds is 3. The van der Waals surface area contributed by atoms with Gasteiger partial charge in [-0.15, -0.1) is 0 Å². The number of hydrogen-bond donors (Lipinski definition) is 0. The highest BCUT2D eigenvalue weighted by atomic mass is 19.4. The first-order valence-electron chi connectivity index (χ1n) is 9.40. The molecule has 1 saturated heterocycles. The maximum atomic E-state index is 13.9. The zero-order valence-electron chi connectivity index (χ0n) is 15.5. The number of benzene rings is 2. The van der Waals surface area contributed by atoms with Crippen LogP contribution < -0.4 is 0 Å². The lowest BCUT2D eigenvalue weighted by atomic mass is 9.94. The fourth-order valence-corrected chi connectivity index (χ4v) is 4.07. The van der Waals surface area contributed by atoms with Gasteiger partial charge >= 0.3 is 12.3 Å². The molecule has 0 saturated carbocycles. The van der Waals surface area contributed by atoms with Gasteiger partial charge in [0.15, 0.2) is 0 Å². The summed E-state index contributed by atoms with van der Waals surface area (Å²) >= 11 is 0. The number of amides is 1. The lowest BCUT2D eigenvalue weighted by molar-refractivity contribution is -0.140. The van der Waals surface area contributed by atoms with Gasteiger partial charge in [-0.3, -0.25) is 4.90 Å². The predicted molar refractivity (Wildman–Crippen MR) is 99.3 cm³/mol. The van der Waals surface area contributed by atoms with Crippen molar-refractivity contribution in [2.45, 2.75) is 44.1 Å². The van der Waals surface area contributed by atoms with E-state index in [4.69, 9.17) is 4.74 Å². The summed E-state index contributed by atoms with van der Waals surface area (Å²) < 4.78 is 57.7. The summed E-state index contributed by atoms with van der Waals surface area (Å²) in [7, 11) is 0. The van der Waals surface area contributed by atoms with E-state index < -0.39 is 23.7 Å². The van der Waals surface area contributed by atoms with E-state index in [-0.39, 0.29) is 18.7 Å². The Bertz CT molecular complexity index is 940. The number of carbonyl (C=O) groups excluding carboxylic acids is 1. The van der Waals surface area contributed by atoms with E-state index in [1.807, 2.05) is 36.4 Å². The van der Waals surface area contributed by atoms with Crippen LogP contribution in [0.5, 0.6) is 0 Å². The first-order chi connectivity index (χ1) is 13.8. The molecule has 0 aromatic heterocycles. The largest absolute Gasteiger partial charge is 0.445 e. The van der Waals surface area contributed by atoms with E-state index in [2.05, 4.69) is 0 Å². The number of hydrogen-bond acceptors (Lipinski definition) is 2. The number of carbonyl (C=O) groups is 1. The summed E-state index contributed by atoms with van der Waals surface area (Å²) in [6, 6.07) is 12.0. The Hall–Kier alpha value is -2.83. The van der Waals surface area contributed by atoms with Gasteiger partial charge in [0.1, 0.15) is 12.4 Å². The van der Waals surface area contributed by atoms with Gasteiger partial charge in [0.25, 0.3) is 0 Å². The Morgan fingerprint density at radius 2 is 1.86 bits per heavy atom. The zero-order chi connectivity index (χ0) is 20.6. The van der Waals surface area contributed by atoms with Crippen molar-refractivity contribution < 1.29 is 27.1 Å². The highest BCUT2D eigenvalue weighted by Crippen LogP contribution is 2.40. The average molecular weight is 405 g/mol. The van der Waals surface area contributed by atoms with E-state index >= 15 is 0 Å². The molecule has 2 aliphatic rings. The van der Waals surface area contributed by atoms with Crippen LogP contribution in [0.1, 0.15) is 36.0 Å². The quantitative estimate of drug-likeness (QED) is 0.604. The normalized spacial score (nSPS) is 21.1. The van der Waals surface area contributed by atoms with Crippen LogP contribution in [-0.4, -0.2) is 23.1 Å². The van der Waals surface area contributed by atoms with Crippen LogP contribution in [0.2, 0.25) is 0 Å². The molecule has 2 aromatic rings. The van der Waals surface area contributed by atoms with Gasteiger partial charge in [0.2, 0.25) is 0 Å². The van der Waals surface area contributed by atoms with Crippen LogP contribution in [0.15, 0.2) is 54.6 Å². The molecule has 152 valence electrons. The van der Waals surface area contributed by atoms with E-state index in [1.54, 1.807) is 4.90 Å². The molecule has 2 atom stereocenters. The minimum Gasteiger partial charge on any atom is -0.445 e. The molecule has 0 N–H and O–H groups in total. The molecule has 29 heavy (non-hydrogen) atoms. The maximum Gasteiger partial charge on any atom is 0.419 e. The van der Waals surface area contributed by atoms with Gasteiger partial charge in [0, 0.05) is 6.04 Å². The van der Waals surface area contributed by atoms with E-state index in [9.17, 15) is 22.4 Å². The standard InChI is InChI=1S/C22H19F4NO2/c23-20-12-15(6-9-19(20)22(24,25)26)16-10-17-7-8-18(11-16)27(17)21(28)29-13-14-4-2-1-3-5-14/h1-6,9-10,12,17-18H,7-8,11,13H2. The molecule has 3 nitrogen and oxygen atoms in total. The summed E-state index contributed by atoms with van der Waals surface area (Å²) in [5, 5.41) is 0. The van der Waals surface area contributed by atoms with E-state index in [1.165, 1.54) is 6.07 Å². The predicted octanol–water partition coefficient (Wildman–Crippen LogP) is 5.80. The highest BCUT2D eigenvalue weighted by molar-refractivity contribution is 5.75. The number of halogens is 4. The Balaban J connectivity index is 1.48. The zero-order valence-corrected chi connectivity index (χ0v) is 15.5. The summed E-state index contributed by atoms with van der Waals surface area (Å²) in [5.41, 5.74) is 0.801. The summed E-state index contributed by atoms with van der Waals surface area (Å²) in [6.45, 7) is 0.177. The minimum atomic E-state index is -4.72. The van der Waals surface area contributed by atoms with Gasteiger partial charge in [-0.2, -0.15) is 13.2 Å². The molecule has 1 fully saturated rings. The second-order valence-electron chi connectivity index (χ2n) is 7.33. The number of nitrogens with zero attached hydrogens (tertiary/aromatic N) is 1. The van der Waals surface area contributed by atoms with Gasteiger partial charge < -0.3 is 4.74 Å². The number of ether oxygens (including phenoxy) is 1. The van der Waals surface area contributed by atoms with Crippen molar-refractivity contribution in [2.24, 2.45) is 0 Å². The molecular formula is C22H19F4NO2. The lowest BCUT2D eigenvalue weighted by Gasteiger charge is -2.33. The summed E-state index contributed by atoms with van der Waals surface area (Å²) in [6.07, 6.45) is -1.31. The molecular weight excluding hydrogens is 386 g/mol. The molecule has 2 aliphatic heterocycles. The Morgan fingerprint density at radius 1 is 1.10 bits per heavy atom. The SMILES string of the molecule is O=C(OCc1ccccc1)N1C2C=C(c3ccc(C(F)(F)F)c(F)c3)CC1CC2. The molecule has 7 heteroatoms. The molecule has 1 amide bonds. The van der Waals surface area contributed by atoms with Crippen molar-refractivity contribution in [3.05, 3.63) is 77.1 Å². The van der Waals surface area contributed by atoms with Crippen molar-refractivity contribution in [1.82, 2.24) is 4.90 Å². The van der Waals surface area contributed by atoms with Gasteiger partial charge in [-0.05, 0) is 48.1 Å². The van der Waals surface area contributed by atoms with Crippen LogP contribution in [0.3, 0.4) is 0 Å². The Morgan fingerprint density at radius 3 is 2.52 bits per heavy atom. The minimum absolute atomic E-state index is 0.103. The summed E-state index contributed by atoms with van der Waals surface area (Å²) in [5.74, 6) is -1.28. The molecule has 4 rings (SSSR count). The van der Waals surface area contributed by atoms with E-state index in [0.29, 0.717) is 12.0 Å². The Kier molecular flexibility index (Phi) is 5.06. The van der Waals surface area contributed by atoms with Crippen molar-refractivity contribution in [3.63, 3.8) is 0 Å². The third-order valence-electron chi connectivity index (χ3n) is 5.46. The van der Waals surface area contributed by atoms with Crippen molar-refractivity contribution >= 4 is 11.7 Å². The van der Waals surface area contributed by atoms with Gasteiger partial charge in [0.05, 0.1) is 11.6 Å².